The zero-order valence-electron chi connectivity index (χ0n) is 8.15. The van der Waals surface area contributed by atoms with Gasteiger partial charge in [0.1, 0.15) is 0 Å². The zero-order chi connectivity index (χ0) is 9.07. The monoisotopic (exact) mass is 176 g/mol. The van der Waals surface area contributed by atoms with E-state index in [-0.39, 0.29) is 6.67 Å². The lowest BCUT2D eigenvalue weighted by atomic mass is 10.1. The molecule has 12 heavy (non-hydrogen) atoms. The van der Waals surface area contributed by atoms with Crippen molar-refractivity contribution in [1.82, 2.24) is 0 Å². The summed E-state index contributed by atoms with van der Waals surface area (Å²) in [6.45, 7) is 0.730. The molecule has 1 nitrogen and oxygen atoms in total. The summed E-state index contributed by atoms with van der Waals surface area (Å²) in [7, 11) is 1.74. The largest absolute Gasteiger partial charge is 0.385 e. The van der Waals surface area contributed by atoms with Crippen LogP contribution in [0.25, 0.3) is 0 Å². The van der Waals surface area contributed by atoms with E-state index in [1.807, 2.05) is 0 Å². The highest BCUT2D eigenvalue weighted by Gasteiger charge is 1.90. The summed E-state index contributed by atoms with van der Waals surface area (Å²) >= 11 is 0. The molecule has 2 heteroatoms. The van der Waals surface area contributed by atoms with Gasteiger partial charge in [0.2, 0.25) is 0 Å². The molecule has 0 rings (SSSR count). The molecule has 74 valence electrons. The van der Waals surface area contributed by atoms with Gasteiger partial charge in [-0.15, -0.1) is 0 Å². The molecule has 0 spiro atoms. The molecule has 0 unspecified atom stereocenters. The van der Waals surface area contributed by atoms with Crippen LogP contribution in [0.15, 0.2) is 0 Å². The van der Waals surface area contributed by atoms with Gasteiger partial charge in [-0.05, 0) is 12.8 Å². The number of ether oxygens (including phenoxy) is 1. The molecule has 0 atom stereocenters. The molecule has 0 aliphatic rings. The normalized spacial score (nSPS) is 10.5. The van der Waals surface area contributed by atoms with Crippen molar-refractivity contribution in [2.45, 2.75) is 44.9 Å². The first kappa shape index (κ1) is 11.9. The number of hydrogen-bond donors (Lipinski definition) is 0. The van der Waals surface area contributed by atoms with Crippen LogP contribution in [0.4, 0.5) is 4.39 Å². The maximum Gasteiger partial charge on any atom is 0.0894 e. The maximum atomic E-state index is 11.7. The average molecular weight is 176 g/mol. The van der Waals surface area contributed by atoms with Crippen molar-refractivity contribution in [3.05, 3.63) is 0 Å². The summed E-state index contributed by atoms with van der Waals surface area (Å²) in [5.74, 6) is 0. The number of methoxy groups -OCH3 is 1. The molecule has 0 saturated heterocycles. The third-order valence-corrected chi connectivity index (χ3v) is 1.98. The average Bonchev–Trinajstić information content (AvgIpc) is 2.10. The topological polar surface area (TPSA) is 9.23 Å². The molecule has 0 radical (unpaired) electrons. The Balaban J connectivity index is 2.73. The molecule has 0 aromatic carbocycles. The summed E-state index contributed by atoms with van der Waals surface area (Å²) in [6, 6.07) is 0. The fraction of sp³-hybridized carbons (Fsp3) is 1.00. The maximum absolute atomic E-state index is 11.7. The van der Waals surface area contributed by atoms with Crippen molar-refractivity contribution < 1.29 is 9.13 Å². The molecule has 0 heterocycles. The van der Waals surface area contributed by atoms with Gasteiger partial charge < -0.3 is 4.74 Å². The number of halogens is 1. The molecule has 0 saturated carbocycles. The van der Waals surface area contributed by atoms with Crippen molar-refractivity contribution in [2.75, 3.05) is 20.4 Å². The van der Waals surface area contributed by atoms with Crippen LogP contribution in [0.3, 0.4) is 0 Å². The van der Waals surface area contributed by atoms with Crippen molar-refractivity contribution >= 4 is 0 Å². The molecule has 0 amide bonds. The van der Waals surface area contributed by atoms with Gasteiger partial charge in [-0.25, -0.2) is 0 Å². The number of rotatable bonds is 9. The molecular weight excluding hydrogens is 155 g/mol. The van der Waals surface area contributed by atoms with Crippen LogP contribution in [0, 0.1) is 0 Å². The highest BCUT2D eigenvalue weighted by atomic mass is 19.1. The van der Waals surface area contributed by atoms with E-state index in [0.717, 1.165) is 19.4 Å². The van der Waals surface area contributed by atoms with Gasteiger partial charge in [0, 0.05) is 13.7 Å². The number of unbranched alkanes of at least 4 members (excludes halogenated alkanes) is 6. The van der Waals surface area contributed by atoms with Gasteiger partial charge in [0.05, 0.1) is 6.67 Å². The molecule has 0 fully saturated rings. The second-order valence-corrected chi connectivity index (χ2v) is 3.16. The second-order valence-electron chi connectivity index (χ2n) is 3.16. The second kappa shape index (κ2) is 10.9. The smallest absolute Gasteiger partial charge is 0.0894 e. The lowest BCUT2D eigenvalue weighted by Gasteiger charge is -1.99. The Morgan fingerprint density at radius 1 is 0.833 bits per heavy atom. The zero-order valence-corrected chi connectivity index (χ0v) is 8.15. The highest BCUT2D eigenvalue weighted by Crippen LogP contribution is 2.06. The van der Waals surface area contributed by atoms with E-state index in [2.05, 4.69) is 0 Å². The fourth-order valence-electron chi connectivity index (χ4n) is 1.22. The summed E-state index contributed by atoms with van der Waals surface area (Å²) in [4.78, 5) is 0. The third kappa shape index (κ3) is 9.89. The van der Waals surface area contributed by atoms with Crippen molar-refractivity contribution in [3.63, 3.8) is 0 Å². The Morgan fingerprint density at radius 3 is 1.83 bits per heavy atom. The Hall–Kier alpha value is -0.110. The van der Waals surface area contributed by atoms with Crippen LogP contribution in [0.2, 0.25) is 0 Å². The van der Waals surface area contributed by atoms with Crippen molar-refractivity contribution in [1.29, 1.82) is 0 Å². The predicted octanol–water partition coefficient (Wildman–Crippen LogP) is 3.33. The van der Waals surface area contributed by atoms with Crippen LogP contribution in [-0.2, 0) is 4.74 Å². The van der Waals surface area contributed by atoms with Crippen molar-refractivity contribution in [3.8, 4) is 0 Å². The van der Waals surface area contributed by atoms with E-state index >= 15 is 0 Å². The molecular formula is C10H21FO. The first-order valence-corrected chi connectivity index (χ1v) is 4.96. The fourth-order valence-corrected chi connectivity index (χ4v) is 1.22. The molecule has 0 aromatic heterocycles. The van der Waals surface area contributed by atoms with Gasteiger partial charge in [-0.3, -0.25) is 4.39 Å². The van der Waals surface area contributed by atoms with Gasteiger partial charge in [0.25, 0.3) is 0 Å². The summed E-state index contributed by atoms with van der Waals surface area (Å²) in [6.07, 6.45) is 7.94. The van der Waals surface area contributed by atoms with Crippen LogP contribution < -0.4 is 0 Å². The van der Waals surface area contributed by atoms with Crippen LogP contribution >= 0.6 is 0 Å². The van der Waals surface area contributed by atoms with Gasteiger partial charge in [-0.2, -0.15) is 0 Å². The standard InChI is InChI=1S/C10H21FO/c1-12-10-8-6-4-2-3-5-7-9-11/h2-10H2,1H3. The van der Waals surface area contributed by atoms with E-state index in [1.165, 1.54) is 32.1 Å². The van der Waals surface area contributed by atoms with Crippen LogP contribution in [0.5, 0.6) is 0 Å². The Labute approximate surface area is 75.3 Å². The SMILES string of the molecule is COCCCCCCCCCF. The highest BCUT2D eigenvalue weighted by molar-refractivity contribution is 4.45. The van der Waals surface area contributed by atoms with Gasteiger partial charge in [-0.1, -0.05) is 32.1 Å². The van der Waals surface area contributed by atoms with Crippen molar-refractivity contribution in [2.24, 2.45) is 0 Å². The van der Waals surface area contributed by atoms with E-state index in [1.54, 1.807) is 7.11 Å². The predicted molar refractivity (Wildman–Crippen MR) is 50.2 cm³/mol. The molecule has 0 aliphatic heterocycles. The lowest BCUT2D eigenvalue weighted by molar-refractivity contribution is 0.192. The summed E-state index contributed by atoms with van der Waals surface area (Å²) in [5, 5.41) is 0. The summed E-state index contributed by atoms with van der Waals surface area (Å²) < 4.78 is 16.6. The van der Waals surface area contributed by atoms with E-state index in [9.17, 15) is 4.39 Å². The van der Waals surface area contributed by atoms with Gasteiger partial charge >= 0.3 is 0 Å². The molecule has 0 bridgehead atoms. The Morgan fingerprint density at radius 2 is 1.33 bits per heavy atom. The van der Waals surface area contributed by atoms with E-state index < -0.39 is 0 Å². The minimum atomic E-state index is -0.149. The van der Waals surface area contributed by atoms with Crippen LogP contribution in [0.1, 0.15) is 44.9 Å². The molecule has 0 aromatic rings. The minimum absolute atomic E-state index is 0.149. The third-order valence-electron chi connectivity index (χ3n) is 1.98. The molecule has 0 aliphatic carbocycles. The number of hydrogen-bond acceptors (Lipinski definition) is 1. The summed E-state index contributed by atoms with van der Waals surface area (Å²) in [5.41, 5.74) is 0. The number of alkyl halides is 1. The molecule has 0 N–H and O–H groups in total. The lowest BCUT2D eigenvalue weighted by Crippen LogP contribution is -1.88. The quantitative estimate of drug-likeness (QED) is 0.490. The van der Waals surface area contributed by atoms with Crippen LogP contribution in [-0.4, -0.2) is 20.4 Å². The Kier molecular flexibility index (Phi) is 10.8. The van der Waals surface area contributed by atoms with E-state index in [0.29, 0.717) is 0 Å². The first-order chi connectivity index (χ1) is 5.91. The van der Waals surface area contributed by atoms with E-state index in [4.69, 9.17) is 4.74 Å². The van der Waals surface area contributed by atoms with Gasteiger partial charge in [0.15, 0.2) is 0 Å². The minimum Gasteiger partial charge on any atom is -0.385 e. The Bertz CT molecular complexity index is 66.2. The first-order valence-electron chi connectivity index (χ1n) is 4.96.